The Bertz CT molecular complexity index is 1760. The summed E-state index contributed by atoms with van der Waals surface area (Å²) in [6.07, 6.45) is 4.83. The van der Waals surface area contributed by atoms with E-state index in [-0.39, 0.29) is 23.4 Å². The van der Waals surface area contributed by atoms with Gasteiger partial charge in [0.1, 0.15) is 0 Å². The molecule has 10 nitrogen and oxygen atoms in total. The number of aromatic hydroxyl groups is 1. The van der Waals surface area contributed by atoms with Crippen LogP contribution in [-0.2, 0) is 11.8 Å². The molecule has 1 aliphatic heterocycles. The number of aromatic nitrogens is 3. The Balaban J connectivity index is 1.22. The summed E-state index contributed by atoms with van der Waals surface area (Å²) in [5.41, 5.74) is 4.36. The number of anilines is 2. The van der Waals surface area contributed by atoms with Crippen LogP contribution >= 0.6 is 0 Å². The molecular formula is C31H28N6O4. The van der Waals surface area contributed by atoms with Crippen molar-refractivity contribution in [3.8, 4) is 5.88 Å². The molecule has 0 spiro atoms. The second-order valence-electron chi connectivity index (χ2n) is 9.75. The Morgan fingerprint density at radius 1 is 1.05 bits per heavy atom. The fourth-order valence-corrected chi connectivity index (χ4v) is 4.86. The van der Waals surface area contributed by atoms with Gasteiger partial charge in [0.05, 0.1) is 24.5 Å². The van der Waals surface area contributed by atoms with Crippen molar-refractivity contribution >= 4 is 45.9 Å². The van der Waals surface area contributed by atoms with Crippen LogP contribution in [0.4, 0.5) is 17.1 Å². The van der Waals surface area contributed by atoms with E-state index in [4.69, 9.17) is 4.74 Å². The standard InChI is InChI=1S/C31H28N6O4/c1-36-12-11-32-29(36)31(40)34-23-4-2-3-20(17-23)28(38)21-5-10-27-25(18-21)26(30(39)35-27)19-33-22-6-8-24(9-7-22)37-13-15-41-16-14-37/h2-12,17-19,35,39H,13-16H2,1H3,(H,34,40). The summed E-state index contributed by atoms with van der Waals surface area (Å²) in [6, 6.07) is 19.9. The van der Waals surface area contributed by atoms with E-state index in [1.807, 2.05) is 24.3 Å². The topological polar surface area (TPSA) is 125 Å². The van der Waals surface area contributed by atoms with Gasteiger partial charge < -0.3 is 29.6 Å². The molecule has 2 aromatic heterocycles. The van der Waals surface area contributed by atoms with Crippen LogP contribution in [0.1, 0.15) is 32.1 Å². The summed E-state index contributed by atoms with van der Waals surface area (Å²) in [6.45, 7) is 3.16. The third-order valence-corrected chi connectivity index (χ3v) is 7.06. The number of amides is 1. The molecule has 206 valence electrons. The van der Waals surface area contributed by atoms with Gasteiger partial charge in [0.15, 0.2) is 17.5 Å². The first-order chi connectivity index (χ1) is 20.0. The van der Waals surface area contributed by atoms with E-state index in [1.165, 1.54) is 0 Å². The summed E-state index contributed by atoms with van der Waals surface area (Å²) in [7, 11) is 1.73. The number of aryl methyl sites for hydroxylation is 1. The molecular weight excluding hydrogens is 520 g/mol. The van der Waals surface area contributed by atoms with Gasteiger partial charge in [0, 0.05) is 72.2 Å². The fraction of sp³-hybridized carbons (Fsp3) is 0.161. The molecule has 0 radical (unpaired) electrons. The lowest BCUT2D eigenvalue weighted by Crippen LogP contribution is -2.36. The fourth-order valence-electron chi connectivity index (χ4n) is 4.86. The molecule has 5 aromatic rings. The van der Waals surface area contributed by atoms with Crippen LogP contribution in [0.2, 0.25) is 0 Å². The quantitative estimate of drug-likeness (QED) is 0.200. The van der Waals surface area contributed by atoms with Crippen LogP contribution in [0.5, 0.6) is 5.88 Å². The van der Waals surface area contributed by atoms with Crippen LogP contribution in [0.25, 0.3) is 10.9 Å². The lowest BCUT2D eigenvalue weighted by molar-refractivity contribution is 0.101. The maximum atomic E-state index is 13.4. The number of fused-ring (bicyclic) bond motifs is 1. The van der Waals surface area contributed by atoms with E-state index in [2.05, 4.69) is 25.2 Å². The average molecular weight is 549 g/mol. The van der Waals surface area contributed by atoms with Crippen LogP contribution in [0, 0.1) is 0 Å². The molecule has 41 heavy (non-hydrogen) atoms. The number of morpholine rings is 1. The number of nitrogens with zero attached hydrogens (tertiary/aromatic N) is 4. The lowest BCUT2D eigenvalue weighted by atomic mass is 10.0. The van der Waals surface area contributed by atoms with E-state index in [1.54, 1.807) is 72.7 Å². The second kappa shape index (κ2) is 11.1. The van der Waals surface area contributed by atoms with Crippen molar-refractivity contribution < 1.29 is 19.4 Å². The van der Waals surface area contributed by atoms with Crippen molar-refractivity contribution in [1.29, 1.82) is 0 Å². The van der Waals surface area contributed by atoms with Crippen molar-refractivity contribution in [2.24, 2.45) is 12.0 Å². The number of aliphatic imine (C=N–C) groups is 1. The number of ether oxygens (including phenoxy) is 1. The predicted octanol–water partition coefficient (Wildman–Crippen LogP) is 4.68. The summed E-state index contributed by atoms with van der Waals surface area (Å²) >= 11 is 0. The number of imidazole rings is 1. The highest BCUT2D eigenvalue weighted by molar-refractivity contribution is 6.13. The number of hydrogen-bond donors (Lipinski definition) is 3. The number of carbonyl (C=O) groups excluding carboxylic acids is 2. The normalized spacial score (nSPS) is 13.6. The predicted molar refractivity (Wildman–Crippen MR) is 158 cm³/mol. The SMILES string of the molecule is Cn1ccnc1C(=O)Nc1cccc(C(=O)c2ccc3[nH]c(O)c(C=Nc4ccc(N5CCOCC5)cc4)c3c2)c1. The molecule has 0 atom stereocenters. The number of ketones is 1. The highest BCUT2D eigenvalue weighted by atomic mass is 16.5. The maximum absolute atomic E-state index is 13.4. The summed E-state index contributed by atoms with van der Waals surface area (Å²) in [5, 5.41) is 14.1. The zero-order chi connectivity index (χ0) is 28.3. The minimum Gasteiger partial charge on any atom is -0.494 e. The first-order valence-electron chi connectivity index (χ1n) is 13.2. The molecule has 0 unspecified atom stereocenters. The van der Waals surface area contributed by atoms with Gasteiger partial charge in [-0.1, -0.05) is 12.1 Å². The molecule has 10 heteroatoms. The summed E-state index contributed by atoms with van der Waals surface area (Å²) in [5.74, 6) is -0.354. The third kappa shape index (κ3) is 5.45. The van der Waals surface area contributed by atoms with E-state index in [0.717, 1.165) is 37.7 Å². The van der Waals surface area contributed by atoms with Crippen molar-refractivity contribution in [3.05, 3.63) is 102 Å². The van der Waals surface area contributed by atoms with Crippen LogP contribution in [-0.4, -0.2) is 63.8 Å². The van der Waals surface area contributed by atoms with E-state index in [9.17, 15) is 14.7 Å². The van der Waals surface area contributed by atoms with Crippen molar-refractivity contribution in [3.63, 3.8) is 0 Å². The van der Waals surface area contributed by atoms with Gasteiger partial charge in [0.2, 0.25) is 0 Å². The van der Waals surface area contributed by atoms with Gasteiger partial charge in [-0.05, 0) is 54.6 Å². The highest BCUT2D eigenvalue weighted by Crippen LogP contribution is 2.29. The van der Waals surface area contributed by atoms with E-state index >= 15 is 0 Å². The summed E-state index contributed by atoms with van der Waals surface area (Å²) in [4.78, 5) is 39.8. The first-order valence-corrected chi connectivity index (χ1v) is 13.2. The monoisotopic (exact) mass is 548 g/mol. The van der Waals surface area contributed by atoms with Crippen molar-refractivity contribution in [1.82, 2.24) is 14.5 Å². The van der Waals surface area contributed by atoms with Crippen LogP contribution < -0.4 is 10.2 Å². The number of rotatable bonds is 7. The maximum Gasteiger partial charge on any atom is 0.291 e. The minimum absolute atomic E-state index is 0.0303. The second-order valence-corrected chi connectivity index (χ2v) is 9.75. The molecule has 1 fully saturated rings. The molecule has 3 heterocycles. The zero-order valence-corrected chi connectivity index (χ0v) is 22.4. The molecule has 0 bridgehead atoms. The first kappa shape index (κ1) is 26.0. The molecule has 3 aromatic carbocycles. The Morgan fingerprint density at radius 2 is 1.83 bits per heavy atom. The Labute approximate surface area is 235 Å². The Hall–Kier alpha value is -5.22. The summed E-state index contributed by atoms with van der Waals surface area (Å²) < 4.78 is 7.04. The van der Waals surface area contributed by atoms with Crippen molar-refractivity contribution in [2.45, 2.75) is 0 Å². The van der Waals surface area contributed by atoms with Gasteiger partial charge in [-0.15, -0.1) is 0 Å². The molecule has 0 saturated carbocycles. The number of aromatic amines is 1. The van der Waals surface area contributed by atoms with Crippen molar-refractivity contribution in [2.75, 3.05) is 36.5 Å². The van der Waals surface area contributed by atoms with Gasteiger partial charge >= 0.3 is 0 Å². The number of nitrogens with one attached hydrogen (secondary N) is 2. The average Bonchev–Trinajstić information content (AvgIpc) is 3.58. The van der Waals surface area contributed by atoms with Gasteiger partial charge in [-0.3, -0.25) is 14.6 Å². The number of carbonyl (C=O) groups is 2. The molecule has 1 amide bonds. The van der Waals surface area contributed by atoms with Crippen LogP contribution in [0.15, 0.2) is 84.1 Å². The largest absolute Gasteiger partial charge is 0.494 e. The van der Waals surface area contributed by atoms with Crippen LogP contribution in [0.3, 0.4) is 0 Å². The molecule has 1 saturated heterocycles. The molecule has 6 rings (SSSR count). The minimum atomic E-state index is -0.369. The molecule has 1 aliphatic rings. The lowest BCUT2D eigenvalue weighted by Gasteiger charge is -2.28. The third-order valence-electron chi connectivity index (χ3n) is 7.06. The molecule has 0 aliphatic carbocycles. The number of hydrogen-bond acceptors (Lipinski definition) is 7. The van der Waals surface area contributed by atoms with Gasteiger partial charge in [-0.2, -0.15) is 0 Å². The van der Waals surface area contributed by atoms with E-state index in [0.29, 0.717) is 33.3 Å². The smallest absolute Gasteiger partial charge is 0.291 e. The Kier molecular flexibility index (Phi) is 7.05. The van der Waals surface area contributed by atoms with Gasteiger partial charge in [-0.25, -0.2) is 4.98 Å². The molecule has 3 N–H and O–H groups in total. The number of benzene rings is 3. The number of H-pyrrole nitrogens is 1. The Morgan fingerprint density at radius 3 is 2.59 bits per heavy atom. The van der Waals surface area contributed by atoms with E-state index < -0.39 is 0 Å². The highest BCUT2D eigenvalue weighted by Gasteiger charge is 2.16. The van der Waals surface area contributed by atoms with Gasteiger partial charge in [0.25, 0.3) is 5.91 Å². The zero-order valence-electron chi connectivity index (χ0n) is 22.4.